The predicted octanol–water partition coefficient (Wildman–Crippen LogP) is 3.98. The van der Waals surface area contributed by atoms with Gasteiger partial charge in [0.25, 0.3) is 0 Å². The fourth-order valence-electron chi connectivity index (χ4n) is 3.30. The van der Waals surface area contributed by atoms with Crippen molar-refractivity contribution in [2.75, 3.05) is 26.3 Å². The minimum absolute atomic E-state index is 0.121. The van der Waals surface area contributed by atoms with Crippen LogP contribution in [0.4, 0.5) is 0 Å². The minimum atomic E-state index is -0.879. The third-order valence-electron chi connectivity index (χ3n) is 5.01. The van der Waals surface area contributed by atoms with Crippen LogP contribution in [0.25, 0.3) is 10.9 Å². The number of phenolic OH excluding ortho intramolecular Hbond substituents is 1. The molecular weight excluding hydrogens is 448 g/mol. The van der Waals surface area contributed by atoms with E-state index in [4.69, 9.17) is 14.6 Å². The number of carboxylic acids is 1. The van der Waals surface area contributed by atoms with E-state index in [0.717, 1.165) is 22.2 Å². The van der Waals surface area contributed by atoms with Gasteiger partial charge >= 0.3 is 5.97 Å². The summed E-state index contributed by atoms with van der Waals surface area (Å²) in [7, 11) is 0. The number of aromatic carboxylic acids is 1. The van der Waals surface area contributed by atoms with Gasteiger partial charge in [-0.1, -0.05) is 30.3 Å². The Labute approximate surface area is 203 Å². The molecule has 1 aromatic heterocycles. The highest BCUT2D eigenvalue weighted by atomic mass is 16.5. The molecule has 5 N–H and O–H groups in total. The number of carbonyl (C=O) groups is 1. The fraction of sp³-hybridized carbons (Fsp3) is 0.222. The van der Waals surface area contributed by atoms with Gasteiger partial charge in [0.2, 0.25) is 0 Å². The van der Waals surface area contributed by atoms with Crippen LogP contribution in [0.5, 0.6) is 17.2 Å². The second kappa shape index (κ2) is 13.0. The maximum absolute atomic E-state index is 10.2. The van der Waals surface area contributed by atoms with Crippen LogP contribution in [0.15, 0.2) is 79.0 Å². The first kappa shape index (κ1) is 25.6. The van der Waals surface area contributed by atoms with Crippen LogP contribution in [-0.4, -0.2) is 58.7 Å². The number of fused-ring (bicyclic) bond motifs is 1. The number of aliphatic hydroxyl groups is 1. The first-order valence-corrected chi connectivity index (χ1v) is 11.2. The van der Waals surface area contributed by atoms with Crippen molar-refractivity contribution in [1.82, 2.24) is 10.3 Å². The van der Waals surface area contributed by atoms with Crippen LogP contribution in [0, 0.1) is 6.92 Å². The summed E-state index contributed by atoms with van der Waals surface area (Å²) in [6, 6.07) is 21.1. The number of benzene rings is 3. The summed E-state index contributed by atoms with van der Waals surface area (Å²) in [4.78, 5) is 13.4. The molecule has 0 bridgehead atoms. The number of rotatable bonds is 10. The van der Waals surface area contributed by atoms with Gasteiger partial charge in [-0.25, -0.2) is 4.79 Å². The average molecular weight is 479 g/mol. The standard InChI is InChI=1S/C20H24N2O4.C7H6O2/c1-14-10-17-16(6-7-22-17)20(11-14)26-13-15(23)12-21-8-9-25-19-5-3-2-4-18(19)24;8-7(9)6-4-2-1-3-5-6/h2-7,10-11,15,21-24H,8-9,12-13H2,1H3;1-5H,(H,8,9). The SMILES string of the molecule is Cc1cc(OCC(O)CNCCOc2ccccc2O)c2cc[nH]c2c1.O=C(O)c1ccccc1. The number of hydrogen-bond acceptors (Lipinski definition) is 6. The zero-order valence-corrected chi connectivity index (χ0v) is 19.5. The lowest BCUT2D eigenvalue weighted by Gasteiger charge is -2.15. The summed E-state index contributed by atoms with van der Waals surface area (Å²) in [5, 5.41) is 32.2. The van der Waals surface area contributed by atoms with E-state index in [0.29, 0.717) is 31.0 Å². The molecule has 0 radical (unpaired) electrons. The number of H-pyrrole nitrogens is 1. The Bertz CT molecular complexity index is 1210. The number of nitrogens with one attached hydrogen (secondary N) is 2. The molecule has 0 spiro atoms. The molecule has 0 aliphatic heterocycles. The van der Waals surface area contributed by atoms with E-state index in [9.17, 15) is 15.0 Å². The van der Waals surface area contributed by atoms with E-state index >= 15 is 0 Å². The zero-order chi connectivity index (χ0) is 25.0. The number of aromatic hydroxyl groups is 1. The molecule has 0 saturated heterocycles. The van der Waals surface area contributed by atoms with Crippen molar-refractivity contribution in [2.24, 2.45) is 0 Å². The van der Waals surface area contributed by atoms with Crippen molar-refractivity contribution in [3.63, 3.8) is 0 Å². The summed E-state index contributed by atoms with van der Waals surface area (Å²) in [5.41, 5.74) is 2.45. The average Bonchev–Trinajstić information content (AvgIpc) is 3.33. The normalized spacial score (nSPS) is 11.4. The molecule has 0 aliphatic rings. The molecule has 1 unspecified atom stereocenters. The van der Waals surface area contributed by atoms with Gasteiger partial charge in [-0.15, -0.1) is 0 Å². The summed E-state index contributed by atoms with van der Waals surface area (Å²) >= 11 is 0. The van der Waals surface area contributed by atoms with E-state index in [1.807, 2.05) is 25.3 Å². The van der Waals surface area contributed by atoms with Crippen molar-refractivity contribution in [2.45, 2.75) is 13.0 Å². The van der Waals surface area contributed by atoms with Crippen molar-refractivity contribution in [3.8, 4) is 17.2 Å². The highest BCUT2D eigenvalue weighted by molar-refractivity contribution is 5.87. The lowest BCUT2D eigenvalue weighted by Crippen LogP contribution is -2.33. The number of carboxylic acid groups (broad SMARTS) is 1. The van der Waals surface area contributed by atoms with Crippen molar-refractivity contribution in [1.29, 1.82) is 0 Å². The molecule has 1 atom stereocenters. The van der Waals surface area contributed by atoms with Crippen LogP contribution in [0.1, 0.15) is 15.9 Å². The highest BCUT2D eigenvalue weighted by Crippen LogP contribution is 2.27. The Morgan fingerprint density at radius 2 is 1.74 bits per heavy atom. The van der Waals surface area contributed by atoms with E-state index in [1.165, 1.54) is 0 Å². The van der Waals surface area contributed by atoms with E-state index < -0.39 is 12.1 Å². The van der Waals surface area contributed by atoms with Crippen LogP contribution < -0.4 is 14.8 Å². The fourth-order valence-corrected chi connectivity index (χ4v) is 3.30. The number of para-hydroxylation sites is 2. The molecule has 8 heteroatoms. The minimum Gasteiger partial charge on any atom is -0.504 e. The molecule has 4 aromatic rings. The second-order valence-corrected chi connectivity index (χ2v) is 7.86. The maximum Gasteiger partial charge on any atom is 0.335 e. The van der Waals surface area contributed by atoms with Gasteiger partial charge in [-0.2, -0.15) is 0 Å². The van der Waals surface area contributed by atoms with Gasteiger partial charge in [0.15, 0.2) is 11.5 Å². The number of hydrogen-bond donors (Lipinski definition) is 5. The number of ether oxygens (including phenoxy) is 2. The number of aromatic amines is 1. The number of aryl methyl sites for hydroxylation is 1. The molecule has 3 aromatic carbocycles. The maximum atomic E-state index is 10.2. The lowest BCUT2D eigenvalue weighted by atomic mass is 10.1. The Morgan fingerprint density at radius 3 is 2.46 bits per heavy atom. The number of aromatic nitrogens is 1. The summed E-state index contributed by atoms with van der Waals surface area (Å²) in [6.07, 6.45) is 1.24. The third-order valence-corrected chi connectivity index (χ3v) is 5.01. The first-order valence-electron chi connectivity index (χ1n) is 11.2. The van der Waals surface area contributed by atoms with Gasteiger partial charge in [-0.05, 0) is 55.0 Å². The largest absolute Gasteiger partial charge is 0.504 e. The van der Waals surface area contributed by atoms with Crippen LogP contribution in [0.3, 0.4) is 0 Å². The number of aliphatic hydroxyl groups excluding tert-OH is 1. The molecule has 184 valence electrons. The Hall–Kier alpha value is -4.01. The van der Waals surface area contributed by atoms with Crippen molar-refractivity contribution >= 4 is 16.9 Å². The molecule has 0 aliphatic carbocycles. The van der Waals surface area contributed by atoms with E-state index in [-0.39, 0.29) is 12.4 Å². The molecule has 4 rings (SSSR count). The van der Waals surface area contributed by atoms with E-state index in [1.54, 1.807) is 54.6 Å². The van der Waals surface area contributed by atoms with Gasteiger partial charge in [-0.3, -0.25) is 0 Å². The summed E-state index contributed by atoms with van der Waals surface area (Å²) in [6.45, 7) is 3.56. The Kier molecular flexibility index (Phi) is 9.53. The molecular formula is C27H30N2O6. The highest BCUT2D eigenvalue weighted by Gasteiger charge is 2.09. The van der Waals surface area contributed by atoms with Crippen LogP contribution >= 0.6 is 0 Å². The Morgan fingerprint density at radius 1 is 1.00 bits per heavy atom. The summed E-state index contributed by atoms with van der Waals surface area (Å²) in [5.74, 6) is 0.460. The van der Waals surface area contributed by atoms with Gasteiger partial charge in [0.05, 0.1) is 5.56 Å². The zero-order valence-electron chi connectivity index (χ0n) is 19.5. The quantitative estimate of drug-likeness (QED) is 0.218. The summed E-state index contributed by atoms with van der Waals surface area (Å²) < 4.78 is 11.3. The molecule has 0 amide bonds. The van der Waals surface area contributed by atoms with Crippen molar-refractivity contribution in [3.05, 3.63) is 90.1 Å². The smallest absolute Gasteiger partial charge is 0.335 e. The molecule has 1 heterocycles. The topological polar surface area (TPSA) is 124 Å². The van der Waals surface area contributed by atoms with E-state index in [2.05, 4.69) is 16.4 Å². The predicted molar refractivity (Wildman–Crippen MR) is 134 cm³/mol. The molecule has 35 heavy (non-hydrogen) atoms. The molecule has 0 fully saturated rings. The van der Waals surface area contributed by atoms with Gasteiger partial charge < -0.3 is 35.1 Å². The molecule has 8 nitrogen and oxygen atoms in total. The molecule has 0 saturated carbocycles. The van der Waals surface area contributed by atoms with Crippen LogP contribution in [-0.2, 0) is 0 Å². The Balaban J connectivity index is 0.000000320. The first-order chi connectivity index (χ1) is 16.9. The number of phenols is 1. The van der Waals surface area contributed by atoms with Crippen molar-refractivity contribution < 1.29 is 29.6 Å². The lowest BCUT2D eigenvalue weighted by molar-refractivity contribution is 0.0697. The van der Waals surface area contributed by atoms with Gasteiger partial charge in [0.1, 0.15) is 25.1 Å². The second-order valence-electron chi connectivity index (χ2n) is 7.86. The third kappa shape index (κ3) is 8.06. The van der Waals surface area contributed by atoms with Crippen LogP contribution in [0.2, 0.25) is 0 Å². The van der Waals surface area contributed by atoms with Gasteiger partial charge in [0, 0.05) is 30.2 Å². The monoisotopic (exact) mass is 478 g/mol.